The minimum Gasteiger partial charge on any atom is -0.285 e. The first-order valence-electron chi connectivity index (χ1n) is 9.84. The fraction of sp³-hybridized carbons (Fsp3) is 0.895. The van der Waals surface area contributed by atoms with Crippen molar-refractivity contribution in [3.8, 4) is 0 Å². The number of rotatable bonds is 15. The highest BCUT2D eigenvalue weighted by atomic mass is 15.4. The Balaban J connectivity index is 2.30. The Bertz CT molecular complexity index is 350. The molecule has 0 saturated carbocycles. The zero-order chi connectivity index (χ0) is 16.8. The third-order valence-corrected chi connectivity index (χ3v) is 4.68. The summed E-state index contributed by atoms with van der Waals surface area (Å²) in [5.74, 6) is 0. The van der Waals surface area contributed by atoms with Crippen LogP contribution in [0.15, 0.2) is 12.7 Å². The number of hydrogen-bond acceptors (Lipinski definition) is 3. The molecule has 0 bridgehead atoms. The normalized spacial score (nSPS) is 12.9. The summed E-state index contributed by atoms with van der Waals surface area (Å²) in [6, 6.07) is 0. The Morgan fingerprint density at radius 2 is 1.48 bits per heavy atom. The molecule has 0 aliphatic heterocycles. The molecule has 1 aromatic rings. The molecule has 0 fully saturated rings. The summed E-state index contributed by atoms with van der Waals surface area (Å²) in [6.45, 7) is 5.70. The summed E-state index contributed by atoms with van der Waals surface area (Å²) in [4.78, 5) is 6.61. The third-order valence-electron chi connectivity index (χ3n) is 4.68. The number of aromatic nitrogens is 3. The van der Waals surface area contributed by atoms with Gasteiger partial charge in [-0.3, -0.25) is 4.90 Å². The predicted octanol–water partition coefficient (Wildman–Crippen LogP) is 5.43. The van der Waals surface area contributed by atoms with Crippen LogP contribution in [0.3, 0.4) is 0 Å². The van der Waals surface area contributed by atoms with Crippen LogP contribution in [0.4, 0.5) is 0 Å². The molecule has 4 nitrogen and oxygen atoms in total. The van der Waals surface area contributed by atoms with Gasteiger partial charge in [0.2, 0.25) is 0 Å². The molecule has 0 aromatic carbocycles. The minimum absolute atomic E-state index is 0.370. The van der Waals surface area contributed by atoms with Crippen LogP contribution in [-0.4, -0.2) is 33.3 Å². The van der Waals surface area contributed by atoms with Crippen molar-refractivity contribution < 1.29 is 0 Å². The van der Waals surface area contributed by atoms with Crippen LogP contribution >= 0.6 is 0 Å². The molecule has 23 heavy (non-hydrogen) atoms. The Morgan fingerprint density at radius 3 is 2.09 bits per heavy atom. The van der Waals surface area contributed by atoms with Gasteiger partial charge in [-0.2, -0.15) is 5.10 Å². The van der Waals surface area contributed by atoms with Crippen molar-refractivity contribution in [1.29, 1.82) is 0 Å². The van der Waals surface area contributed by atoms with Crippen molar-refractivity contribution >= 4 is 0 Å². The second-order valence-electron chi connectivity index (χ2n) is 6.81. The molecule has 1 unspecified atom stereocenters. The van der Waals surface area contributed by atoms with Gasteiger partial charge in [0.15, 0.2) is 0 Å². The molecule has 1 aromatic heterocycles. The minimum atomic E-state index is 0.370. The van der Waals surface area contributed by atoms with E-state index in [1.165, 1.54) is 77.0 Å². The predicted molar refractivity (Wildman–Crippen MR) is 98.4 cm³/mol. The van der Waals surface area contributed by atoms with Gasteiger partial charge in [-0.05, 0) is 32.9 Å². The fourth-order valence-electron chi connectivity index (χ4n) is 3.15. The molecule has 0 aliphatic rings. The van der Waals surface area contributed by atoms with Gasteiger partial charge in [0.25, 0.3) is 0 Å². The van der Waals surface area contributed by atoms with Crippen molar-refractivity contribution in [1.82, 2.24) is 19.7 Å². The molecule has 0 aliphatic carbocycles. The topological polar surface area (TPSA) is 34.0 Å². The van der Waals surface area contributed by atoms with Crippen molar-refractivity contribution in [2.24, 2.45) is 0 Å². The Kier molecular flexibility index (Phi) is 11.9. The van der Waals surface area contributed by atoms with Crippen LogP contribution < -0.4 is 0 Å². The summed E-state index contributed by atoms with van der Waals surface area (Å²) < 4.78 is 2.04. The highest BCUT2D eigenvalue weighted by Crippen LogP contribution is 2.19. The van der Waals surface area contributed by atoms with Crippen LogP contribution in [0.25, 0.3) is 0 Å². The van der Waals surface area contributed by atoms with E-state index in [4.69, 9.17) is 0 Å². The van der Waals surface area contributed by atoms with Gasteiger partial charge in [-0.1, -0.05) is 71.6 Å². The second kappa shape index (κ2) is 13.5. The zero-order valence-corrected chi connectivity index (χ0v) is 15.7. The van der Waals surface area contributed by atoms with E-state index in [1.54, 1.807) is 6.33 Å². The van der Waals surface area contributed by atoms with E-state index in [1.807, 2.05) is 11.0 Å². The van der Waals surface area contributed by atoms with E-state index < -0.39 is 0 Å². The van der Waals surface area contributed by atoms with Gasteiger partial charge in [-0.25, -0.2) is 9.67 Å². The summed E-state index contributed by atoms with van der Waals surface area (Å²) in [6.07, 6.45) is 19.9. The van der Waals surface area contributed by atoms with E-state index >= 15 is 0 Å². The van der Waals surface area contributed by atoms with Gasteiger partial charge in [-0.15, -0.1) is 0 Å². The highest BCUT2D eigenvalue weighted by Gasteiger charge is 2.16. The Labute approximate surface area is 143 Å². The molecular weight excluding hydrogens is 284 g/mol. The molecule has 0 spiro atoms. The molecule has 1 atom stereocenters. The van der Waals surface area contributed by atoms with E-state index in [9.17, 15) is 0 Å². The molecule has 1 rings (SSSR count). The van der Waals surface area contributed by atoms with Gasteiger partial charge in [0.05, 0.1) is 0 Å². The highest BCUT2D eigenvalue weighted by molar-refractivity contribution is 4.69. The van der Waals surface area contributed by atoms with Crippen LogP contribution in [-0.2, 0) is 0 Å². The zero-order valence-electron chi connectivity index (χ0n) is 15.7. The smallest absolute Gasteiger partial charge is 0.137 e. The quantitative estimate of drug-likeness (QED) is 0.404. The van der Waals surface area contributed by atoms with Gasteiger partial charge in [0, 0.05) is 0 Å². The number of hydrogen-bond donors (Lipinski definition) is 0. The second-order valence-corrected chi connectivity index (χ2v) is 6.81. The SMILES string of the molecule is CCCCCCCCN(C)C(CCCCCCC)n1cncn1. The Hall–Kier alpha value is -0.900. The van der Waals surface area contributed by atoms with Gasteiger partial charge < -0.3 is 0 Å². The van der Waals surface area contributed by atoms with E-state index in [-0.39, 0.29) is 0 Å². The maximum Gasteiger partial charge on any atom is 0.137 e. The number of unbranched alkanes of at least 4 members (excludes halogenated alkanes) is 9. The fourth-order valence-corrected chi connectivity index (χ4v) is 3.15. The van der Waals surface area contributed by atoms with Crippen molar-refractivity contribution in [2.75, 3.05) is 13.6 Å². The Morgan fingerprint density at radius 1 is 0.870 bits per heavy atom. The molecule has 0 N–H and O–H groups in total. The molecule has 134 valence electrons. The first-order valence-corrected chi connectivity index (χ1v) is 9.84. The molecule has 0 amide bonds. The average Bonchev–Trinajstić information content (AvgIpc) is 3.08. The van der Waals surface area contributed by atoms with Gasteiger partial charge >= 0.3 is 0 Å². The third kappa shape index (κ3) is 9.09. The molecule has 4 heteroatoms. The standard InChI is InChI=1S/C19H38N4/c1-4-6-8-10-12-14-16-22(3)19(23-18-20-17-21-23)15-13-11-9-7-5-2/h17-19H,4-16H2,1-3H3. The van der Waals surface area contributed by atoms with E-state index in [0.717, 1.165) is 6.54 Å². The van der Waals surface area contributed by atoms with Crippen LogP contribution in [0, 0.1) is 0 Å². The van der Waals surface area contributed by atoms with Crippen molar-refractivity contribution in [2.45, 2.75) is 97.1 Å². The monoisotopic (exact) mass is 322 g/mol. The summed E-state index contributed by atoms with van der Waals surface area (Å²) >= 11 is 0. The summed E-state index contributed by atoms with van der Waals surface area (Å²) in [7, 11) is 2.24. The van der Waals surface area contributed by atoms with Crippen LogP contribution in [0.2, 0.25) is 0 Å². The first kappa shape index (κ1) is 20.1. The lowest BCUT2D eigenvalue weighted by molar-refractivity contribution is 0.144. The average molecular weight is 323 g/mol. The van der Waals surface area contributed by atoms with E-state index in [2.05, 4.69) is 35.9 Å². The first-order chi connectivity index (χ1) is 11.3. The largest absolute Gasteiger partial charge is 0.285 e. The van der Waals surface area contributed by atoms with Crippen molar-refractivity contribution in [3.63, 3.8) is 0 Å². The molecule has 1 heterocycles. The maximum atomic E-state index is 4.39. The number of nitrogens with zero attached hydrogens (tertiary/aromatic N) is 4. The summed E-state index contributed by atoms with van der Waals surface area (Å²) in [5, 5.41) is 4.39. The van der Waals surface area contributed by atoms with Crippen molar-refractivity contribution in [3.05, 3.63) is 12.7 Å². The lowest BCUT2D eigenvalue weighted by Crippen LogP contribution is -2.30. The van der Waals surface area contributed by atoms with Crippen LogP contribution in [0.1, 0.15) is 97.1 Å². The van der Waals surface area contributed by atoms with Crippen LogP contribution in [0.5, 0.6) is 0 Å². The van der Waals surface area contributed by atoms with Gasteiger partial charge in [0.1, 0.15) is 18.8 Å². The lowest BCUT2D eigenvalue weighted by Gasteiger charge is -2.28. The molecular formula is C19H38N4. The van der Waals surface area contributed by atoms with E-state index in [0.29, 0.717) is 6.17 Å². The molecule has 0 saturated heterocycles. The molecule has 0 radical (unpaired) electrons. The summed E-state index contributed by atoms with van der Waals surface area (Å²) in [5.41, 5.74) is 0. The lowest BCUT2D eigenvalue weighted by atomic mass is 10.1. The maximum absolute atomic E-state index is 4.39.